The summed E-state index contributed by atoms with van der Waals surface area (Å²) in [6.07, 6.45) is 0.841. The van der Waals surface area contributed by atoms with Crippen molar-refractivity contribution in [2.75, 3.05) is 29.0 Å². The molecule has 3 aromatic rings. The monoisotopic (exact) mass is 616 g/mol. The van der Waals surface area contributed by atoms with Crippen molar-refractivity contribution in [1.82, 2.24) is 4.90 Å². The Labute approximate surface area is 237 Å². The molecule has 196 valence electrons. The molecule has 38 heavy (non-hydrogen) atoms. The Morgan fingerprint density at radius 1 is 0.763 bits per heavy atom. The van der Waals surface area contributed by atoms with E-state index >= 15 is 0 Å². The molecule has 0 spiro atoms. The summed E-state index contributed by atoms with van der Waals surface area (Å²) in [5.41, 5.74) is 1.86. The zero-order valence-electron chi connectivity index (χ0n) is 20.0. The lowest BCUT2D eigenvalue weighted by molar-refractivity contribution is -0.144. The van der Waals surface area contributed by atoms with Crippen LogP contribution in [0.4, 0.5) is 17.1 Å². The number of carbonyl (C=O) groups is 4. The molecule has 0 aromatic heterocycles. The summed E-state index contributed by atoms with van der Waals surface area (Å²) < 4.78 is 0.860. The predicted octanol–water partition coefficient (Wildman–Crippen LogP) is 5.82. The summed E-state index contributed by atoms with van der Waals surface area (Å²) in [6.45, 7) is 0.546. The Morgan fingerprint density at radius 3 is 2.05 bits per heavy atom. The number of anilines is 3. The molecule has 8 nitrogen and oxygen atoms in total. The molecule has 1 heterocycles. The van der Waals surface area contributed by atoms with Crippen molar-refractivity contribution in [2.45, 2.75) is 12.8 Å². The van der Waals surface area contributed by atoms with Crippen LogP contribution in [0.1, 0.15) is 23.2 Å². The van der Waals surface area contributed by atoms with Crippen molar-refractivity contribution in [3.05, 3.63) is 86.8 Å². The Hall–Kier alpha value is -3.40. The van der Waals surface area contributed by atoms with Gasteiger partial charge in [0, 0.05) is 46.1 Å². The number of likely N-dealkylation sites (tertiary alicyclic amines) is 1. The first kappa shape index (κ1) is 27.6. The number of hydrogen-bond acceptors (Lipinski definition) is 4. The van der Waals surface area contributed by atoms with Crippen LogP contribution in [-0.2, 0) is 14.4 Å². The van der Waals surface area contributed by atoms with Gasteiger partial charge >= 0.3 is 11.8 Å². The quantitative estimate of drug-likeness (QED) is 0.313. The molecule has 4 amide bonds. The maximum Gasteiger partial charge on any atom is 0.313 e. The minimum Gasteiger partial charge on any atom is -0.334 e. The Balaban J connectivity index is 1.28. The summed E-state index contributed by atoms with van der Waals surface area (Å²) in [6, 6.07) is 18.3. The second-order valence-electron chi connectivity index (χ2n) is 8.68. The molecular formula is C27H23BrCl2N4O4. The van der Waals surface area contributed by atoms with Gasteiger partial charge in [0.2, 0.25) is 5.91 Å². The average Bonchev–Trinajstić information content (AvgIpc) is 2.91. The zero-order chi connectivity index (χ0) is 27.2. The van der Waals surface area contributed by atoms with Gasteiger partial charge in [0.15, 0.2) is 0 Å². The van der Waals surface area contributed by atoms with E-state index in [2.05, 4.69) is 31.9 Å². The molecule has 0 saturated carbocycles. The zero-order valence-corrected chi connectivity index (χ0v) is 23.1. The van der Waals surface area contributed by atoms with Crippen LogP contribution in [0.2, 0.25) is 10.0 Å². The fourth-order valence-corrected chi connectivity index (χ4v) is 4.53. The number of nitrogens with one attached hydrogen (secondary N) is 3. The maximum atomic E-state index is 12.7. The largest absolute Gasteiger partial charge is 0.334 e. The lowest BCUT2D eigenvalue weighted by Gasteiger charge is -2.30. The first-order valence-electron chi connectivity index (χ1n) is 11.7. The molecule has 3 N–H and O–H groups in total. The smallest absolute Gasteiger partial charge is 0.313 e. The minimum absolute atomic E-state index is 0.179. The van der Waals surface area contributed by atoms with Crippen LogP contribution in [0.25, 0.3) is 0 Å². The van der Waals surface area contributed by atoms with Crippen LogP contribution in [0, 0.1) is 5.92 Å². The van der Waals surface area contributed by atoms with Crippen molar-refractivity contribution >= 4 is 79.8 Å². The topological polar surface area (TPSA) is 108 Å². The van der Waals surface area contributed by atoms with Gasteiger partial charge in [0.25, 0.3) is 5.91 Å². The van der Waals surface area contributed by atoms with Crippen LogP contribution in [0.5, 0.6) is 0 Å². The summed E-state index contributed by atoms with van der Waals surface area (Å²) >= 11 is 15.2. The second-order valence-corrected chi connectivity index (χ2v) is 10.4. The van der Waals surface area contributed by atoms with E-state index in [1.165, 1.54) is 4.90 Å². The highest BCUT2D eigenvalue weighted by Crippen LogP contribution is 2.26. The van der Waals surface area contributed by atoms with Crippen LogP contribution >= 0.6 is 39.1 Å². The normalized spacial score (nSPS) is 13.5. The van der Waals surface area contributed by atoms with E-state index in [1.54, 1.807) is 66.7 Å². The third-order valence-electron chi connectivity index (χ3n) is 6.02. The molecule has 0 radical (unpaired) electrons. The summed E-state index contributed by atoms with van der Waals surface area (Å²) in [4.78, 5) is 51.9. The number of amides is 4. The van der Waals surface area contributed by atoms with Crippen LogP contribution < -0.4 is 16.0 Å². The highest BCUT2D eigenvalue weighted by molar-refractivity contribution is 9.10. The number of rotatable bonds is 5. The molecule has 1 fully saturated rings. The molecule has 1 aliphatic rings. The Kier molecular flexibility index (Phi) is 9.04. The van der Waals surface area contributed by atoms with Crippen molar-refractivity contribution in [1.29, 1.82) is 0 Å². The highest BCUT2D eigenvalue weighted by Gasteiger charge is 2.30. The summed E-state index contributed by atoms with van der Waals surface area (Å²) in [5, 5.41) is 8.91. The van der Waals surface area contributed by atoms with E-state index in [0.29, 0.717) is 45.5 Å². The van der Waals surface area contributed by atoms with E-state index in [4.69, 9.17) is 23.2 Å². The highest BCUT2D eigenvalue weighted by atomic mass is 79.9. The van der Waals surface area contributed by atoms with Gasteiger partial charge in [0.05, 0.1) is 10.0 Å². The SMILES string of the molecule is O=C(Nc1cccc(NC(=O)c2ccc(Br)cc2)c1)C(=O)N1CCC(C(=O)Nc2ccc(Cl)c(Cl)c2)CC1. The van der Waals surface area contributed by atoms with Crippen molar-refractivity contribution in [3.8, 4) is 0 Å². The third kappa shape index (κ3) is 7.12. The third-order valence-corrected chi connectivity index (χ3v) is 7.29. The molecule has 4 rings (SSSR count). The fraction of sp³-hybridized carbons (Fsp3) is 0.185. The standard InChI is InChI=1S/C27H23BrCl2N4O4/c28-18-6-4-16(5-7-18)24(35)31-19-2-1-3-20(14-19)33-26(37)27(38)34-12-10-17(11-13-34)25(36)32-21-8-9-22(29)23(30)15-21/h1-9,14-15,17H,10-13H2,(H,31,35)(H,32,36)(H,33,37). The van der Waals surface area contributed by atoms with Gasteiger partial charge < -0.3 is 20.9 Å². The molecule has 0 bridgehead atoms. The number of hydrogen-bond donors (Lipinski definition) is 3. The van der Waals surface area contributed by atoms with Gasteiger partial charge in [-0.25, -0.2) is 0 Å². The molecule has 0 unspecified atom stereocenters. The lowest BCUT2D eigenvalue weighted by Crippen LogP contribution is -2.45. The summed E-state index contributed by atoms with van der Waals surface area (Å²) in [7, 11) is 0. The van der Waals surface area contributed by atoms with Gasteiger partial charge in [-0.05, 0) is 73.5 Å². The second kappa shape index (κ2) is 12.4. The average molecular weight is 618 g/mol. The molecule has 1 aliphatic heterocycles. The number of piperidine rings is 1. The molecule has 3 aromatic carbocycles. The van der Waals surface area contributed by atoms with Crippen molar-refractivity contribution in [2.24, 2.45) is 5.92 Å². The van der Waals surface area contributed by atoms with Crippen LogP contribution in [0.3, 0.4) is 0 Å². The number of halogens is 3. The van der Waals surface area contributed by atoms with Gasteiger partial charge in [-0.15, -0.1) is 0 Å². The molecule has 11 heteroatoms. The van der Waals surface area contributed by atoms with Gasteiger partial charge in [0.1, 0.15) is 0 Å². The molecular weight excluding hydrogens is 595 g/mol. The van der Waals surface area contributed by atoms with E-state index in [-0.39, 0.29) is 30.8 Å². The van der Waals surface area contributed by atoms with E-state index in [1.807, 2.05) is 0 Å². The Morgan fingerprint density at radius 2 is 1.39 bits per heavy atom. The van der Waals surface area contributed by atoms with Crippen molar-refractivity contribution in [3.63, 3.8) is 0 Å². The Bertz CT molecular complexity index is 1380. The number of carbonyl (C=O) groups excluding carboxylic acids is 4. The van der Waals surface area contributed by atoms with Gasteiger partial charge in [-0.1, -0.05) is 45.2 Å². The lowest BCUT2D eigenvalue weighted by atomic mass is 9.95. The van der Waals surface area contributed by atoms with Gasteiger partial charge in [-0.2, -0.15) is 0 Å². The minimum atomic E-state index is -0.792. The van der Waals surface area contributed by atoms with Crippen LogP contribution in [-0.4, -0.2) is 41.6 Å². The molecule has 0 aliphatic carbocycles. The maximum absolute atomic E-state index is 12.7. The molecule has 0 atom stereocenters. The number of nitrogens with zero attached hydrogens (tertiary/aromatic N) is 1. The first-order valence-corrected chi connectivity index (χ1v) is 13.3. The van der Waals surface area contributed by atoms with E-state index in [9.17, 15) is 19.2 Å². The summed E-state index contributed by atoms with van der Waals surface area (Å²) in [5.74, 6) is -2.26. The van der Waals surface area contributed by atoms with Crippen molar-refractivity contribution < 1.29 is 19.2 Å². The van der Waals surface area contributed by atoms with E-state index < -0.39 is 11.8 Å². The molecule has 1 saturated heterocycles. The van der Waals surface area contributed by atoms with E-state index in [0.717, 1.165) is 4.47 Å². The van der Waals surface area contributed by atoms with Gasteiger partial charge in [-0.3, -0.25) is 19.2 Å². The number of benzene rings is 3. The van der Waals surface area contributed by atoms with Crippen LogP contribution in [0.15, 0.2) is 71.2 Å². The predicted molar refractivity (Wildman–Crippen MR) is 152 cm³/mol. The fourth-order valence-electron chi connectivity index (χ4n) is 3.97. The first-order chi connectivity index (χ1) is 18.2.